The third-order valence-corrected chi connectivity index (χ3v) is 5.07. The largest absolute Gasteiger partial charge is 0.335 e. The average Bonchev–Trinajstić information content (AvgIpc) is 3.14. The van der Waals surface area contributed by atoms with E-state index >= 15 is 0 Å². The van der Waals surface area contributed by atoms with Gasteiger partial charge in [-0.1, -0.05) is 23.7 Å². The number of halogens is 2. The molecule has 9 heteroatoms. The van der Waals surface area contributed by atoms with Gasteiger partial charge in [-0.25, -0.2) is 14.2 Å². The van der Waals surface area contributed by atoms with Gasteiger partial charge in [0.2, 0.25) is 0 Å². The Morgan fingerprint density at radius 1 is 1.03 bits per heavy atom. The van der Waals surface area contributed by atoms with E-state index in [0.717, 1.165) is 5.65 Å². The van der Waals surface area contributed by atoms with Crippen molar-refractivity contribution in [2.45, 2.75) is 6.54 Å². The highest BCUT2D eigenvalue weighted by molar-refractivity contribution is 6.30. The molecule has 0 bridgehead atoms. The fraction of sp³-hybridized carbons (Fsp3) is 0.250. The summed E-state index contributed by atoms with van der Waals surface area (Å²) in [6.07, 6.45) is 3.56. The zero-order valence-electron chi connectivity index (χ0n) is 15.5. The Morgan fingerprint density at radius 3 is 2.52 bits per heavy atom. The summed E-state index contributed by atoms with van der Waals surface area (Å²) in [4.78, 5) is 32.5. The number of nitrogens with zero attached hydrogens (tertiary/aromatic N) is 4. The molecule has 0 radical (unpaired) electrons. The zero-order chi connectivity index (χ0) is 20.4. The van der Waals surface area contributed by atoms with E-state index in [4.69, 9.17) is 11.6 Å². The van der Waals surface area contributed by atoms with Crippen LogP contribution in [0.15, 0.2) is 48.8 Å². The van der Waals surface area contributed by atoms with E-state index < -0.39 is 5.82 Å². The van der Waals surface area contributed by atoms with Crippen molar-refractivity contribution in [1.29, 1.82) is 0 Å². The van der Waals surface area contributed by atoms with Crippen LogP contribution in [0.25, 0.3) is 5.65 Å². The summed E-state index contributed by atoms with van der Waals surface area (Å²) in [6.45, 7) is 1.76. The van der Waals surface area contributed by atoms with Crippen LogP contribution < -0.4 is 5.32 Å². The lowest BCUT2D eigenvalue weighted by Gasteiger charge is -2.34. The molecule has 0 unspecified atom stereocenters. The number of rotatable bonds is 3. The van der Waals surface area contributed by atoms with Crippen molar-refractivity contribution in [3.8, 4) is 0 Å². The van der Waals surface area contributed by atoms with Crippen molar-refractivity contribution in [1.82, 2.24) is 24.5 Å². The number of carbonyl (C=O) groups excluding carboxylic acids is 2. The minimum absolute atomic E-state index is 0.0531. The molecule has 1 aliphatic rings. The van der Waals surface area contributed by atoms with E-state index in [1.165, 1.54) is 12.1 Å². The van der Waals surface area contributed by atoms with Gasteiger partial charge >= 0.3 is 6.03 Å². The maximum atomic E-state index is 13.8. The fourth-order valence-corrected chi connectivity index (χ4v) is 3.47. The highest BCUT2D eigenvalue weighted by Gasteiger charge is 2.26. The van der Waals surface area contributed by atoms with Crippen molar-refractivity contribution in [2.24, 2.45) is 0 Å². The first-order valence-electron chi connectivity index (χ1n) is 9.21. The number of pyridine rings is 1. The second-order valence-corrected chi connectivity index (χ2v) is 7.20. The summed E-state index contributed by atoms with van der Waals surface area (Å²) >= 11 is 5.96. The van der Waals surface area contributed by atoms with Crippen molar-refractivity contribution in [2.75, 3.05) is 26.2 Å². The Kier molecular flexibility index (Phi) is 5.35. The Morgan fingerprint density at radius 2 is 1.76 bits per heavy atom. The van der Waals surface area contributed by atoms with Crippen LogP contribution in [0.4, 0.5) is 9.18 Å². The summed E-state index contributed by atoms with van der Waals surface area (Å²) in [6, 6.07) is 9.26. The molecule has 150 valence electrons. The van der Waals surface area contributed by atoms with Crippen molar-refractivity contribution < 1.29 is 14.0 Å². The molecule has 1 aliphatic heterocycles. The van der Waals surface area contributed by atoms with Gasteiger partial charge in [-0.15, -0.1) is 0 Å². The van der Waals surface area contributed by atoms with E-state index in [9.17, 15) is 14.0 Å². The first-order valence-corrected chi connectivity index (χ1v) is 9.59. The summed E-state index contributed by atoms with van der Waals surface area (Å²) < 4.78 is 15.6. The molecule has 3 aromatic rings. The fourth-order valence-electron chi connectivity index (χ4n) is 3.30. The monoisotopic (exact) mass is 415 g/mol. The van der Waals surface area contributed by atoms with Gasteiger partial charge in [0.25, 0.3) is 5.91 Å². The Hall–Kier alpha value is -3.13. The van der Waals surface area contributed by atoms with Gasteiger partial charge in [0, 0.05) is 38.6 Å². The van der Waals surface area contributed by atoms with E-state index in [2.05, 4.69) is 10.3 Å². The van der Waals surface area contributed by atoms with Crippen molar-refractivity contribution in [3.63, 3.8) is 0 Å². The third-order valence-electron chi connectivity index (χ3n) is 4.84. The summed E-state index contributed by atoms with van der Waals surface area (Å²) in [7, 11) is 0. The predicted molar refractivity (Wildman–Crippen MR) is 106 cm³/mol. The second-order valence-electron chi connectivity index (χ2n) is 6.76. The van der Waals surface area contributed by atoms with Gasteiger partial charge in [-0.2, -0.15) is 0 Å². The van der Waals surface area contributed by atoms with Gasteiger partial charge in [-0.3, -0.25) is 4.79 Å². The van der Waals surface area contributed by atoms with Crippen LogP contribution in [0, 0.1) is 5.82 Å². The van der Waals surface area contributed by atoms with E-state index in [1.807, 2.05) is 6.20 Å². The number of imidazole rings is 1. The molecule has 2 aromatic heterocycles. The molecule has 0 aliphatic carbocycles. The number of hydrogen-bond donors (Lipinski definition) is 1. The number of aromatic nitrogens is 2. The van der Waals surface area contributed by atoms with Gasteiger partial charge in [-0.05, 0) is 24.3 Å². The van der Waals surface area contributed by atoms with Crippen LogP contribution >= 0.6 is 11.6 Å². The molecular weight excluding hydrogens is 397 g/mol. The molecule has 0 atom stereocenters. The number of carbonyl (C=O) groups is 2. The van der Waals surface area contributed by atoms with Gasteiger partial charge in [0.05, 0.1) is 22.8 Å². The van der Waals surface area contributed by atoms with E-state index in [-0.39, 0.29) is 24.0 Å². The highest BCUT2D eigenvalue weighted by atomic mass is 35.5. The standard InChI is InChI=1S/C20H19ClFN5O2/c21-14-5-6-18-24-15(13-27(18)12-14)11-23-20(29)26-9-7-25(8-10-26)19(28)16-3-1-2-4-17(16)22/h1-6,12-13H,7-11H2,(H,23,29). The molecule has 7 nitrogen and oxygen atoms in total. The van der Waals surface area contributed by atoms with Gasteiger partial charge < -0.3 is 19.5 Å². The Bertz CT molecular complexity index is 1060. The quantitative estimate of drug-likeness (QED) is 0.715. The van der Waals surface area contributed by atoms with Crippen LogP contribution in [-0.2, 0) is 6.54 Å². The number of nitrogens with one attached hydrogen (secondary N) is 1. The minimum atomic E-state index is -0.536. The molecular formula is C20H19ClFN5O2. The molecule has 29 heavy (non-hydrogen) atoms. The third kappa shape index (κ3) is 4.17. The molecule has 3 amide bonds. The number of fused-ring (bicyclic) bond motifs is 1. The second kappa shape index (κ2) is 8.08. The molecule has 3 heterocycles. The Labute approximate surface area is 171 Å². The molecule has 1 fully saturated rings. The smallest absolute Gasteiger partial charge is 0.317 e. The van der Waals surface area contributed by atoms with E-state index in [0.29, 0.717) is 36.9 Å². The van der Waals surface area contributed by atoms with Crippen LogP contribution in [0.1, 0.15) is 16.1 Å². The van der Waals surface area contributed by atoms with Gasteiger partial charge in [0.15, 0.2) is 0 Å². The zero-order valence-corrected chi connectivity index (χ0v) is 16.3. The summed E-state index contributed by atoms with van der Waals surface area (Å²) in [5.74, 6) is -0.891. The van der Waals surface area contributed by atoms with E-state index in [1.54, 1.807) is 44.7 Å². The first kappa shape index (κ1) is 19.2. The van der Waals surface area contributed by atoms with Crippen LogP contribution in [0.2, 0.25) is 5.02 Å². The maximum Gasteiger partial charge on any atom is 0.317 e. The van der Waals surface area contributed by atoms with Crippen molar-refractivity contribution in [3.05, 3.63) is 70.9 Å². The molecule has 0 spiro atoms. The molecule has 4 rings (SSSR count). The molecule has 1 aromatic carbocycles. The molecule has 1 saturated heterocycles. The lowest BCUT2D eigenvalue weighted by atomic mass is 10.1. The van der Waals surface area contributed by atoms with Crippen LogP contribution in [0.5, 0.6) is 0 Å². The lowest BCUT2D eigenvalue weighted by Crippen LogP contribution is -2.53. The normalized spacial score (nSPS) is 14.3. The van der Waals surface area contributed by atoms with Crippen LogP contribution in [0.3, 0.4) is 0 Å². The Balaban J connectivity index is 1.30. The van der Waals surface area contributed by atoms with Crippen LogP contribution in [-0.4, -0.2) is 57.3 Å². The number of benzene rings is 1. The predicted octanol–water partition coefficient (Wildman–Crippen LogP) is 2.79. The summed E-state index contributed by atoms with van der Waals surface area (Å²) in [5.41, 5.74) is 1.52. The SMILES string of the molecule is O=C(NCc1cn2cc(Cl)ccc2n1)N1CCN(C(=O)c2ccccc2F)CC1. The number of amides is 3. The highest BCUT2D eigenvalue weighted by Crippen LogP contribution is 2.13. The van der Waals surface area contributed by atoms with Crippen molar-refractivity contribution >= 4 is 29.2 Å². The van der Waals surface area contributed by atoms with Gasteiger partial charge in [0.1, 0.15) is 11.5 Å². The summed E-state index contributed by atoms with van der Waals surface area (Å²) in [5, 5.41) is 3.45. The average molecular weight is 416 g/mol. The maximum absolute atomic E-state index is 13.8. The topological polar surface area (TPSA) is 70.0 Å². The number of urea groups is 1. The number of hydrogen-bond acceptors (Lipinski definition) is 3. The molecule has 1 N–H and O–H groups in total. The first-order chi connectivity index (χ1) is 14.0. The number of piperazine rings is 1. The lowest BCUT2D eigenvalue weighted by molar-refractivity contribution is 0.0660. The molecule has 0 saturated carbocycles. The minimum Gasteiger partial charge on any atom is -0.335 e.